The van der Waals surface area contributed by atoms with E-state index in [1.54, 1.807) is 6.08 Å². The predicted octanol–water partition coefficient (Wildman–Crippen LogP) is 2.20. The third-order valence-electron chi connectivity index (χ3n) is 2.79. The monoisotopic (exact) mass is 266 g/mol. The van der Waals surface area contributed by atoms with Crippen LogP contribution >= 0.6 is 0 Å². The summed E-state index contributed by atoms with van der Waals surface area (Å²) in [5.74, 6) is -1.57. The number of methoxy groups -OCH3 is 2. The zero-order valence-corrected chi connectivity index (χ0v) is 11.1. The number of allylic oxidation sites excluding steroid dienone is 4. The van der Waals surface area contributed by atoms with Crippen LogP contribution in [0.3, 0.4) is 0 Å². The smallest absolute Gasteiger partial charge is 0.342 e. The van der Waals surface area contributed by atoms with Gasteiger partial charge in [-0.3, -0.25) is 0 Å². The Morgan fingerprint density at radius 3 is 2.47 bits per heavy atom. The minimum Gasteiger partial charge on any atom is -0.511 e. The highest BCUT2D eigenvalue weighted by Gasteiger charge is 2.26. The van der Waals surface area contributed by atoms with Crippen molar-refractivity contribution < 1.29 is 24.2 Å². The number of hydrogen-bond acceptors (Lipinski definition) is 5. The summed E-state index contributed by atoms with van der Waals surface area (Å²) in [7, 11) is 2.42. The van der Waals surface area contributed by atoms with Gasteiger partial charge in [-0.2, -0.15) is 0 Å². The van der Waals surface area contributed by atoms with Gasteiger partial charge in [-0.15, -0.1) is 0 Å². The zero-order chi connectivity index (χ0) is 14.3. The molecule has 0 heterocycles. The molecule has 0 spiro atoms. The summed E-state index contributed by atoms with van der Waals surface area (Å²) in [6.07, 6.45) is 7.84. The molecule has 0 atom stereocenters. The van der Waals surface area contributed by atoms with Crippen molar-refractivity contribution in [3.8, 4) is 0 Å². The first kappa shape index (κ1) is 15.0. The lowest BCUT2D eigenvalue weighted by atomic mass is 10.00. The van der Waals surface area contributed by atoms with Gasteiger partial charge in [0.1, 0.15) is 11.3 Å². The van der Waals surface area contributed by atoms with E-state index in [1.165, 1.54) is 20.3 Å². The highest BCUT2D eigenvalue weighted by atomic mass is 16.5. The van der Waals surface area contributed by atoms with Gasteiger partial charge in [-0.1, -0.05) is 12.2 Å². The molecule has 0 unspecified atom stereocenters. The maximum absolute atomic E-state index is 11.8. The van der Waals surface area contributed by atoms with Crippen LogP contribution in [0.15, 0.2) is 35.1 Å². The predicted molar refractivity (Wildman–Crippen MR) is 69.4 cm³/mol. The molecule has 104 valence electrons. The van der Waals surface area contributed by atoms with E-state index in [0.717, 1.165) is 19.3 Å². The summed E-state index contributed by atoms with van der Waals surface area (Å²) >= 11 is 0. The molecule has 1 rings (SSSR count). The molecule has 0 amide bonds. The first-order valence-corrected chi connectivity index (χ1v) is 6.07. The van der Waals surface area contributed by atoms with Gasteiger partial charge in [-0.25, -0.2) is 9.59 Å². The van der Waals surface area contributed by atoms with Crippen LogP contribution in [0.25, 0.3) is 0 Å². The van der Waals surface area contributed by atoms with Crippen molar-refractivity contribution in [1.82, 2.24) is 0 Å². The molecule has 0 aromatic carbocycles. The minimum atomic E-state index is -0.747. The molecule has 0 saturated carbocycles. The van der Waals surface area contributed by atoms with Crippen LogP contribution in [0.1, 0.15) is 25.7 Å². The second-order valence-corrected chi connectivity index (χ2v) is 4.06. The van der Waals surface area contributed by atoms with Crippen molar-refractivity contribution in [1.29, 1.82) is 0 Å². The second-order valence-electron chi connectivity index (χ2n) is 4.06. The van der Waals surface area contributed by atoms with E-state index < -0.39 is 11.9 Å². The lowest BCUT2D eigenvalue weighted by molar-refractivity contribution is -0.139. The number of hydrogen-bond donors (Lipinski definition) is 1. The van der Waals surface area contributed by atoms with Crippen molar-refractivity contribution in [3.05, 3.63) is 35.1 Å². The van der Waals surface area contributed by atoms with Gasteiger partial charge in [0.2, 0.25) is 0 Å². The molecule has 1 aliphatic rings. The molecule has 0 aromatic heterocycles. The van der Waals surface area contributed by atoms with Crippen LogP contribution in [0.2, 0.25) is 0 Å². The SMILES string of the molecule is COC(=O)C1=CC=CCCCCC(O)=C1C(=O)OC. The first-order valence-electron chi connectivity index (χ1n) is 6.07. The van der Waals surface area contributed by atoms with Crippen LogP contribution in [-0.2, 0) is 19.1 Å². The molecule has 1 N–H and O–H groups in total. The summed E-state index contributed by atoms with van der Waals surface area (Å²) in [5, 5.41) is 10.0. The molecule has 5 heteroatoms. The molecular formula is C14H18O5. The fraction of sp³-hybridized carbons (Fsp3) is 0.429. The molecular weight excluding hydrogens is 248 g/mol. The number of aliphatic hydroxyl groups is 1. The molecule has 0 radical (unpaired) electrons. The third-order valence-corrected chi connectivity index (χ3v) is 2.79. The van der Waals surface area contributed by atoms with Crippen LogP contribution in [-0.4, -0.2) is 31.3 Å². The average Bonchev–Trinajstić information content (AvgIpc) is 2.43. The van der Waals surface area contributed by atoms with Crippen molar-refractivity contribution in [2.24, 2.45) is 0 Å². The summed E-state index contributed by atoms with van der Waals surface area (Å²) in [4.78, 5) is 23.5. The minimum absolute atomic E-state index is 0.00463. The van der Waals surface area contributed by atoms with Crippen LogP contribution < -0.4 is 0 Å². The molecule has 0 aromatic rings. The fourth-order valence-electron chi connectivity index (χ4n) is 1.79. The first-order chi connectivity index (χ1) is 9.11. The average molecular weight is 266 g/mol. The van der Waals surface area contributed by atoms with Gasteiger partial charge >= 0.3 is 11.9 Å². The summed E-state index contributed by atoms with van der Waals surface area (Å²) in [6, 6.07) is 0. The van der Waals surface area contributed by atoms with E-state index in [9.17, 15) is 14.7 Å². The fourth-order valence-corrected chi connectivity index (χ4v) is 1.79. The van der Waals surface area contributed by atoms with E-state index in [-0.39, 0.29) is 16.9 Å². The molecule has 0 bridgehead atoms. The molecule has 19 heavy (non-hydrogen) atoms. The van der Waals surface area contributed by atoms with Crippen molar-refractivity contribution in [2.75, 3.05) is 14.2 Å². The second kappa shape index (κ2) is 7.41. The number of esters is 2. The molecule has 0 aliphatic heterocycles. The quantitative estimate of drug-likeness (QED) is 0.776. The van der Waals surface area contributed by atoms with E-state index >= 15 is 0 Å². The van der Waals surface area contributed by atoms with Gasteiger partial charge in [-0.05, 0) is 25.3 Å². The summed E-state index contributed by atoms with van der Waals surface area (Å²) < 4.78 is 9.26. The molecule has 0 fully saturated rings. The Kier molecular flexibility index (Phi) is 5.85. The van der Waals surface area contributed by atoms with Gasteiger partial charge in [0.15, 0.2) is 0 Å². The van der Waals surface area contributed by atoms with Crippen molar-refractivity contribution in [2.45, 2.75) is 25.7 Å². The van der Waals surface area contributed by atoms with Crippen LogP contribution in [0, 0.1) is 0 Å². The highest BCUT2D eigenvalue weighted by molar-refractivity contribution is 6.07. The van der Waals surface area contributed by atoms with E-state index in [2.05, 4.69) is 9.47 Å². The van der Waals surface area contributed by atoms with Gasteiger partial charge in [0.05, 0.1) is 19.8 Å². The number of ether oxygens (including phenoxy) is 2. The Balaban J connectivity index is 3.32. The molecule has 5 nitrogen and oxygen atoms in total. The van der Waals surface area contributed by atoms with E-state index in [1.807, 2.05) is 6.08 Å². The summed E-state index contributed by atoms with van der Waals surface area (Å²) in [5.41, 5.74) is -0.120. The topological polar surface area (TPSA) is 72.8 Å². The van der Waals surface area contributed by atoms with Gasteiger partial charge in [0, 0.05) is 6.42 Å². The standard InChI is InChI=1S/C14H18O5/c1-18-13(16)10-8-6-4-3-5-7-9-11(15)12(10)14(17)19-2/h4,6,8,15H,3,5,7,9H2,1-2H3. The van der Waals surface area contributed by atoms with Crippen LogP contribution in [0.5, 0.6) is 0 Å². The number of aliphatic hydroxyl groups excluding tert-OH is 1. The lowest BCUT2D eigenvalue weighted by Gasteiger charge is -2.12. The molecule has 1 aliphatic carbocycles. The van der Waals surface area contributed by atoms with Crippen molar-refractivity contribution in [3.63, 3.8) is 0 Å². The number of carbonyl (C=O) groups is 2. The zero-order valence-electron chi connectivity index (χ0n) is 11.1. The van der Waals surface area contributed by atoms with Gasteiger partial charge in [0.25, 0.3) is 0 Å². The normalized spacial score (nSPS) is 16.6. The molecule has 0 saturated heterocycles. The Labute approximate surface area is 112 Å². The van der Waals surface area contributed by atoms with Crippen LogP contribution in [0.4, 0.5) is 0 Å². The number of carbonyl (C=O) groups excluding carboxylic acids is 2. The van der Waals surface area contributed by atoms with Crippen molar-refractivity contribution >= 4 is 11.9 Å². The largest absolute Gasteiger partial charge is 0.511 e. The Morgan fingerprint density at radius 2 is 1.84 bits per heavy atom. The maximum Gasteiger partial charge on any atom is 0.342 e. The number of rotatable bonds is 2. The van der Waals surface area contributed by atoms with E-state index in [0.29, 0.717) is 6.42 Å². The van der Waals surface area contributed by atoms with E-state index in [4.69, 9.17) is 0 Å². The summed E-state index contributed by atoms with van der Waals surface area (Å²) in [6.45, 7) is 0. The third kappa shape index (κ3) is 3.98. The Morgan fingerprint density at radius 1 is 1.16 bits per heavy atom. The van der Waals surface area contributed by atoms with Gasteiger partial charge < -0.3 is 14.6 Å². The lowest BCUT2D eigenvalue weighted by Crippen LogP contribution is -2.17. The Hall–Kier alpha value is -2.04. The Bertz CT molecular complexity index is 443. The highest BCUT2D eigenvalue weighted by Crippen LogP contribution is 2.22. The maximum atomic E-state index is 11.8.